The van der Waals surface area contributed by atoms with Gasteiger partial charge < -0.3 is 10.1 Å². The first kappa shape index (κ1) is 15.4. The lowest BCUT2D eigenvalue weighted by molar-refractivity contribution is -0.686. The first-order valence-corrected chi connectivity index (χ1v) is 6.60. The van der Waals surface area contributed by atoms with Gasteiger partial charge in [0.05, 0.1) is 12.7 Å². The second-order valence-corrected chi connectivity index (χ2v) is 4.70. The minimum Gasteiger partial charge on any atom is -0.497 e. The van der Waals surface area contributed by atoms with Crippen molar-refractivity contribution in [3.63, 3.8) is 0 Å². The van der Waals surface area contributed by atoms with Gasteiger partial charge in [-0.15, -0.1) is 0 Å². The SMILES string of the molecule is COc1ccc(C[NH2+]Cc2ccccc2C(F)(F)F)cc1. The number of benzene rings is 2. The maximum absolute atomic E-state index is 12.9. The van der Waals surface area contributed by atoms with Crippen LogP contribution >= 0.6 is 0 Å². The van der Waals surface area contributed by atoms with E-state index in [2.05, 4.69) is 0 Å². The molecule has 21 heavy (non-hydrogen) atoms. The number of methoxy groups -OCH3 is 1. The number of nitrogens with two attached hydrogens (primary N) is 1. The highest BCUT2D eigenvalue weighted by Gasteiger charge is 2.33. The van der Waals surface area contributed by atoms with Crippen LogP contribution in [0.1, 0.15) is 16.7 Å². The highest BCUT2D eigenvalue weighted by atomic mass is 19.4. The van der Waals surface area contributed by atoms with E-state index in [9.17, 15) is 13.2 Å². The van der Waals surface area contributed by atoms with E-state index >= 15 is 0 Å². The van der Waals surface area contributed by atoms with E-state index in [-0.39, 0.29) is 0 Å². The standard InChI is InChI=1S/C16H16F3NO/c1-21-14-8-6-12(7-9-14)10-20-11-13-4-2-3-5-15(13)16(17,18)19/h2-9,20H,10-11H2,1H3/p+1. The van der Waals surface area contributed by atoms with Crippen LogP contribution in [-0.4, -0.2) is 7.11 Å². The van der Waals surface area contributed by atoms with E-state index in [1.165, 1.54) is 12.1 Å². The van der Waals surface area contributed by atoms with Crippen molar-refractivity contribution in [2.45, 2.75) is 19.3 Å². The Hall–Kier alpha value is -2.01. The van der Waals surface area contributed by atoms with Crippen LogP contribution in [0.3, 0.4) is 0 Å². The molecule has 2 nitrogen and oxygen atoms in total. The number of rotatable bonds is 5. The second-order valence-electron chi connectivity index (χ2n) is 4.70. The van der Waals surface area contributed by atoms with Crippen LogP contribution in [0.4, 0.5) is 13.2 Å². The lowest BCUT2D eigenvalue weighted by Crippen LogP contribution is -2.80. The van der Waals surface area contributed by atoms with Crippen molar-refractivity contribution in [3.05, 3.63) is 65.2 Å². The molecule has 0 amide bonds. The molecule has 2 aromatic rings. The third kappa shape index (κ3) is 4.23. The highest BCUT2D eigenvalue weighted by Crippen LogP contribution is 2.31. The summed E-state index contributed by atoms with van der Waals surface area (Å²) in [6.07, 6.45) is -4.30. The van der Waals surface area contributed by atoms with E-state index in [1.807, 2.05) is 29.6 Å². The molecule has 0 aliphatic carbocycles. The molecule has 0 spiro atoms. The van der Waals surface area contributed by atoms with Crippen molar-refractivity contribution in [2.24, 2.45) is 0 Å². The van der Waals surface area contributed by atoms with Crippen LogP contribution in [0.5, 0.6) is 5.75 Å². The molecule has 0 aliphatic rings. The third-order valence-electron chi connectivity index (χ3n) is 3.23. The molecule has 0 aliphatic heterocycles. The lowest BCUT2D eigenvalue weighted by atomic mass is 10.1. The summed E-state index contributed by atoms with van der Waals surface area (Å²) in [5.41, 5.74) is 0.787. The summed E-state index contributed by atoms with van der Waals surface area (Å²) in [4.78, 5) is 0. The summed E-state index contributed by atoms with van der Waals surface area (Å²) in [6.45, 7) is 0.915. The Morgan fingerprint density at radius 3 is 2.24 bits per heavy atom. The van der Waals surface area contributed by atoms with Gasteiger partial charge in [-0.1, -0.05) is 18.2 Å². The molecule has 2 rings (SSSR count). The molecule has 112 valence electrons. The van der Waals surface area contributed by atoms with Crippen molar-refractivity contribution in [1.82, 2.24) is 0 Å². The Morgan fingerprint density at radius 1 is 0.952 bits per heavy atom. The van der Waals surface area contributed by atoms with Gasteiger partial charge in [-0.3, -0.25) is 0 Å². The molecule has 2 aromatic carbocycles. The van der Waals surface area contributed by atoms with Crippen molar-refractivity contribution in [3.8, 4) is 5.75 Å². The number of alkyl halides is 3. The number of hydrogen-bond acceptors (Lipinski definition) is 1. The third-order valence-corrected chi connectivity index (χ3v) is 3.23. The first-order valence-electron chi connectivity index (χ1n) is 6.60. The average molecular weight is 296 g/mol. The number of quaternary nitrogens is 1. The summed E-state index contributed by atoms with van der Waals surface area (Å²) < 4.78 is 43.6. The quantitative estimate of drug-likeness (QED) is 0.902. The molecule has 0 radical (unpaired) electrons. The zero-order chi connectivity index (χ0) is 15.3. The summed E-state index contributed by atoms with van der Waals surface area (Å²) in [5.74, 6) is 0.765. The summed E-state index contributed by atoms with van der Waals surface area (Å²) >= 11 is 0. The number of halogens is 3. The predicted octanol–water partition coefficient (Wildman–Crippen LogP) is 2.98. The molecule has 0 saturated carbocycles. The number of hydrogen-bond donors (Lipinski definition) is 1. The fraction of sp³-hybridized carbons (Fsp3) is 0.250. The molecular formula is C16H17F3NO+. The van der Waals surface area contributed by atoms with Crippen LogP contribution in [0, 0.1) is 0 Å². The summed E-state index contributed by atoms with van der Waals surface area (Å²) in [5, 5.41) is 1.85. The van der Waals surface area contributed by atoms with E-state index < -0.39 is 11.7 Å². The maximum Gasteiger partial charge on any atom is 0.416 e. The molecule has 0 saturated heterocycles. The van der Waals surface area contributed by atoms with Crippen molar-refractivity contribution < 1.29 is 23.2 Å². The summed E-state index contributed by atoms with van der Waals surface area (Å²) in [7, 11) is 1.59. The molecule has 2 N–H and O–H groups in total. The molecule has 0 bridgehead atoms. The fourth-order valence-electron chi connectivity index (χ4n) is 2.13. The molecular weight excluding hydrogens is 279 g/mol. The Balaban J connectivity index is 1.97. The highest BCUT2D eigenvalue weighted by molar-refractivity contribution is 5.29. The van der Waals surface area contributed by atoms with Gasteiger partial charge in [-0.25, -0.2) is 0 Å². The van der Waals surface area contributed by atoms with Gasteiger partial charge in [0.15, 0.2) is 0 Å². The van der Waals surface area contributed by atoms with Gasteiger partial charge in [0.25, 0.3) is 0 Å². The van der Waals surface area contributed by atoms with Gasteiger partial charge in [-0.05, 0) is 30.3 Å². The van der Waals surface area contributed by atoms with Gasteiger partial charge in [-0.2, -0.15) is 13.2 Å². The van der Waals surface area contributed by atoms with Gasteiger partial charge >= 0.3 is 6.18 Å². The molecule has 0 unspecified atom stereocenters. The first-order chi connectivity index (χ1) is 10.0. The topological polar surface area (TPSA) is 25.8 Å². The molecule has 0 aromatic heterocycles. The minimum absolute atomic E-state index is 0.293. The second kappa shape index (κ2) is 6.63. The average Bonchev–Trinajstić information content (AvgIpc) is 2.47. The predicted molar refractivity (Wildman–Crippen MR) is 73.8 cm³/mol. The molecule has 0 heterocycles. The van der Waals surface area contributed by atoms with Crippen molar-refractivity contribution in [1.29, 1.82) is 0 Å². The molecule has 0 atom stereocenters. The zero-order valence-electron chi connectivity index (χ0n) is 11.7. The van der Waals surface area contributed by atoms with Crippen LogP contribution in [0.2, 0.25) is 0 Å². The van der Waals surface area contributed by atoms with Gasteiger partial charge in [0.2, 0.25) is 0 Å². The Bertz CT molecular complexity index is 579. The van der Waals surface area contributed by atoms with E-state index in [4.69, 9.17) is 4.74 Å². The Kier molecular flexibility index (Phi) is 4.85. The van der Waals surface area contributed by atoms with Crippen LogP contribution in [0.25, 0.3) is 0 Å². The summed E-state index contributed by atoms with van der Waals surface area (Å²) in [6, 6.07) is 13.2. The fourth-order valence-corrected chi connectivity index (χ4v) is 2.13. The van der Waals surface area contributed by atoms with E-state index in [0.717, 1.165) is 17.4 Å². The normalized spacial score (nSPS) is 11.4. The Labute approximate surface area is 121 Å². The van der Waals surface area contributed by atoms with Crippen LogP contribution in [-0.2, 0) is 19.3 Å². The van der Waals surface area contributed by atoms with Crippen LogP contribution < -0.4 is 10.1 Å². The van der Waals surface area contributed by atoms with E-state index in [1.54, 1.807) is 13.2 Å². The smallest absolute Gasteiger partial charge is 0.416 e. The number of ether oxygens (including phenoxy) is 1. The van der Waals surface area contributed by atoms with Gasteiger partial charge in [0, 0.05) is 11.1 Å². The monoisotopic (exact) mass is 296 g/mol. The molecule has 5 heteroatoms. The minimum atomic E-state index is -4.30. The van der Waals surface area contributed by atoms with Crippen LogP contribution in [0.15, 0.2) is 48.5 Å². The Morgan fingerprint density at radius 2 is 1.62 bits per heavy atom. The maximum atomic E-state index is 12.9. The largest absolute Gasteiger partial charge is 0.497 e. The van der Waals surface area contributed by atoms with Crippen molar-refractivity contribution >= 4 is 0 Å². The molecule has 0 fully saturated rings. The van der Waals surface area contributed by atoms with Crippen molar-refractivity contribution in [2.75, 3.05) is 7.11 Å². The van der Waals surface area contributed by atoms with E-state index in [0.29, 0.717) is 18.7 Å². The van der Waals surface area contributed by atoms with Gasteiger partial charge in [0.1, 0.15) is 18.8 Å². The lowest BCUT2D eigenvalue weighted by Gasteiger charge is -2.11. The zero-order valence-corrected chi connectivity index (χ0v) is 11.7.